The molecule has 2 heterocycles. The molecule has 22 heavy (non-hydrogen) atoms. The number of aromatic nitrogens is 2. The van der Waals surface area contributed by atoms with Gasteiger partial charge in [-0.05, 0) is 17.7 Å². The van der Waals surface area contributed by atoms with E-state index in [9.17, 15) is 19.2 Å². The fourth-order valence-corrected chi connectivity index (χ4v) is 2.38. The molecule has 7 nitrogen and oxygen atoms in total. The van der Waals surface area contributed by atoms with Gasteiger partial charge in [-0.25, -0.2) is 9.18 Å². The third-order valence-electron chi connectivity index (χ3n) is 3.32. The van der Waals surface area contributed by atoms with E-state index >= 15 is 0 Å². The lowest BCUT2D eigenvalue weighted by Gasteiger charge is -2.24. The predicted molar refractivity (Wildman–Crippen MR) is 73.4 cm³/mol. The zero-order chi connectivity index (χ0) is 15.9. The Morgan fingerprint density at radius 1 is 1.23 bits per heavy atom. The van der Waals surface area contributed by atoms with Crippen molar-refractivity contribution in [3.8, 4) is 11.9 Å². The molecule has 0 radical (unpaired) electrons. The highest BCUT2D eigenvalue weighted by atomic mass is 19.1. The first-order valence-corrected chi connectivity index (χ1v) is 6.21. The molecule has 1 aromatic carbocycles. The molecule has 0 fully saturated rings. The number of nitrogens with one attached hydrogen (secondary N) is 2. The average Bonchev–Trinajstić information content (AvgIpc) is 2.46. The fourth-order valence-electron chi connectivity index (χ4n) is 2.38. The largest absolute Gasteiger partial charge is 0.424 e. The van der Waals surface area contributed by atoms with Crippen LogP contribution < -0.4 is 21.7 Å². The second-order valence-corrected chi connectivity index (χ2v) is 4.63. The summed E-state index contributed by atoms with van der Waals surface area (Å²) in [4.78, 5) is 27.8. The first kappa shape index (κ1) is 13.6. The van der Waals surface area contributed by atoms with Gasteiger partial charge in [0.25, 0.3) is 5.56 Å². The molecule has 0 spiro atoms. The number of H-pyrrole nitrogens is 2. The van der Waals surface area contributed by atoms with Gasteiger partial charge >= 0.3 is 5.69 Å². The van der Waals surface area contributed by atoms with Crippen molar-refractivity contribution in [3.63, 3.8) is 0 Å². The summed E-state index contributed by atoms with van der Waals surface area (Å²) in [7, 11) is 0. The maximum atomic E-state index is 13.1. The summed E-state index contributed by atoms with van der Waals surface area (Å²) in [5, 5.41) is 9.29. The van der Waals surface area contributed by atoms with Crippen molar-refractivity contribution in [3.05, 3.63) is 73.5 Å². The Hall–Kier alpha value is -3.34. The van der Waals surface area contributed by atoms with E-state index in [2.05, 4.69) is 9.97 Å². The number of nitrogens with two attached hydrogens (primary N) is 1. The Morgan fingerprint density at radius 3 is 2.55 bits per heavy atom. The summed E-state index contributed by atoms with van der Waals surface area (Å²) < 4.78 is 18.3. The topological polar surface area (TPSA) is 125 Å². The molecule has 8 heteroatoms. The molecule has 110 valence electrons. The van der Waals surface area contributed by atoms with Gasteiger partial charge in [0.1, 0.15) is 17.5 Å². The Balaban J connectivity index is 2.32. The third kappa shape index (κ3) is 2.05. The van der Waals surface area contributed by atoms with Gasteiger partial charge in [-0.15, -0.1) is 0 Å². The molecule has 0 saturated heterocycles. The molecule has 1 unspecified atom stereocenters. The van der Waals surface area contributed by atoms with Crippen LogP contribution in [0.25, 0.3) is 0 Å². The molecule has 1 aromatic heterocycles. The minimum Gasteiger partial charge on any atom is -0.424 e. The number of allylic oxidation sites excluding steroid dienone is 1. The number of nitrogens with zero attached hydrogens (tertiary/aromatic N) is 1. The van der Waals surface area contributed by atoms with Crippen LogP contribution in [0.4, 0.5) is 4.39 Å². The van der Waals surface area contributed by atoms with Crippen molar-refractivity contribution in [1.82, 2.24) is 9.97 Å². The highest BCUT2D eigenvalue weighted by Gasteiger charge is 2.33. The van der Waals surface area contributed by atoms with E-state index in [4.69, 9.17) is 10.5 Å². The maximum absolute atomic E-state index is 13.1. The number of rotatable bonds is 1. The monoisotopic (exact) mass is 300 g/mol. The standard InChI is InChI=1S/C14H9FN4O3/c15-7-3-1-6(2-4-7)9-8(5-16)11(17)22-13-10(9)12(20)18-14(21)19-13/h1-4,9H,17H2,(H2,18,19,20,21). The van der Waals surface area contributed by atoms with Crippen LogP contribution in [0.3, 0.4) is 0 Å². The van der Waals surface area contributed by atoms with E-state index in [0.717, 1.165) is 0 Å². The van der Waals surface area contributed by atoms with E-state index in [1.807, 2.05) is 6.07 Å². The Morgan fingerprint density at radius 2 is 1.91 bits per heavy atom. The smallest absolute Gasteiger partial charge is 0.328 e. The number of hydrogen-bond donors (Lipinski definition) is 3. The maximum Gasteiger partial charge on any atom is 0.328 e. The lowest BCUT2D eigenvalue weighted by molar-refractivity contribution is 0.373. The molecule has 1 aliphatic heterocycles. The molecule has 4 N–H and O–H groups in total. The van der Waals surface area contributed by atoms with E-state index in [1.165, 1.54) is 24.3 Å². The van der Waals surface area contributed by atoms with Crippen molar-refractivity contribution >= 4 is 0 Å². The molecule has 0 aliphatic carbocycles. The predicted octanol–water partition coefficient (Wildman–Crippen LogP) is 0.420. The van der Waals surface area contributed by atoms with Crippen LogP contribution >= 0.6 is 0 Å². The minimum absolute atomic E-state index is 0.0108. The van der Waals surface area contributed by atoms with Crippen LogP contribution in [0.2, 0.25) is 0 Å². The molecule has 3 rings (SSSR count). The van der Waals surface area contributed by atoms with Crippen LogP contribution in [-0.2, 0) is 0 Å². The zero-order valence-electron chi connectivity index (χ0n) is 11.0. The number of halogens is 1. The van der Waals surface area contributed by atoms with Crippen LogP contribution in [0.5, 0.6) is 5.88 Å². The first-order chi connectivity index (χ1) is 10.5. The lowest BCUT2D eigenvalue weighted by Crippen LogP contribution is -2.33. The fraction of sp³-hybridized carbons (Fsp3) is 0.0714. The summed E-state index contributed by atoms with van der Waals surface area (Å²) in [6.45, 7) is 0. The normalized spacial score (nSPS) is 16.6. The van der Waals surface area contributed by atoms with Crippen LogP contribution in [0, 0.1) is 17.1 Å². The quantitative estimate of drug-likeness (QED) is 0.704. The van der Waals surface area contributed by atoms with Gasteiger partial charge in [0.05, 0.1) is 11.5 Å². The number of benzene rings is 1. The molecule has 0 amide bonds. The number of hydrogen-bond acceptors (Lipinski definition) is 5. The molecule has 1 atom stereocenters. The van der Waals surface area contributed by atoms with Crippen LogP contribution in [0.15, 0.2) is 45.3 Å². The van der Waals surface area contributed by atoms with Crippen LogP contribution in [0.1, 0.15) is 17.0 Å². The van der Waals surface area contributed by atoms with Gasteiger partial charge in [0.2, 0.25) is 11.8 Å². The summed E-state index contributed by atoms with van der Waals surface area (Å²) in [6, 6.07) is 7.17. The Labute approximate surface area is 122 Å². The average molecular weight is 300 g/mol. The van der Waals surface area contributed by atoms with Gasteiger partial charge in [-0.2, -0.15) is 5.26 Å². The number of aromatic amines is 2. The Bertz CT molecular complexity index is 934. The van der Waals surface area contributed by atoms with E-state index in [0.29, 0.717) is 5.56 Å². The zero-order valence-corrected chi connectivity index (χ0v) is 11.0. The van der Waals surface area contributed by atoms with E-state index in [-0.39, 0.29) is 22.9 Å². The highest BCUT2D eigenvalue weighted by molar-refractivity contribution is 5.52. The summed E-state index contributed by atoms with van der Waals surface area (Å²) >= 11 is 0. The van der Waals surface area contributed by atoms with Gasteiger partial charge in [0, 0.05) is 0 Å². The SMILES string of the molecule is N#CC1=C(N)Oc2[nH]c(=O)[nH]c(=O)c2C1c1ccc(F)cc1. The van der Waals surface area contributed by atoms with Crippen molar-refractivity contribution in [2.45, 2.75) is 5.92 Å². The van der Waals surface area contributed by atoms with E-state index < -0.39 is 23.0 Å². The molecular formula is C14H9FN4O3. The van der Waals surface area contributed by atoms with Gasteiger partial charge < -0.3 is 10.5 Å². The van der Waals surface area contributed by atoms with Gasteiger partial charge in [-0.3, -0.25) is 14.8 Å². The summed E-state index contributed by atoms with van der Waals surface area (Å²) in [5.74, 6) is -1.65. The molecular weight excluding hydrogens is 291 g/mol. The second kappa shape index (κ2) is 4.89. The summed E-state index contributed by atoms with van der Waals surface area (Å²) in [5.41, 5.74) is 4.76. The number of nitriles is 1. The van der Waals surface area contributed by atoms with Gasteiger partial charge in [0.15, 0.2) is 0 Å². The van der Waals surface area contributed by atoms with Crippen molar-refractivity contribution in [2.24, 2.45) is 5.73 Å². The molecule has 0 saturated carbocycles. The summed E-state index contributed by atoms with van der Waals surface area (Å²) in [6.07, 6.45) is 0. The first-order valence-electron chi connectivity index (χ1n) is 6.21. The Kier molecular flexibility index (Phi) is 3.03. The lowest BCUT2D eigenvalue weighted by atomic mass is 9.85. The van der Waals surface area contributed by atoms with Crippen LogP contribution in [-0.4, -0.2) is 9.97 Å². The molecule has 0 bridgehead atoms. The van der Waals surface area contributed by atoms with Crippen molar-refractivity contribution in [2.75, 3.05) is 0 Å². The minimum atomic E-state index is -0.852. The van der Waals surface area contributed by atoms with Crippen molar-refractivity contribution in [1.29, 1.82) is 5.26 Å². The number of fused-ring (bicyclic) bond motifs is 1. The van der Waals surface area contributed by atoms with Gasteiger partial charge in [-0.1, -0.05) is 12.1 Å². The second-order valence-electron chi connectivity index (χ2n) is 4.63. The van der Waals surface area contributed by atoms with E-state index in [1.54, 1.807) is 0 Å². The molecule has 1 aliphatic rings. The van der Waals surface area contributed by atoms with Crippen molar-refractivity contribution < 1.29 is 9.13 Å². The number of ether oxygens (including phenoxy) is 1. The third-order valence-corrected chi connectivity index (χ3v) is 3.32. The highest BCUT2D eigenvalue weighted by Crippen LogP contribution is 2.38. The molecule has 2 aromatic rings.